The van der Waals surface area contributed by atoms with Crippen LogP contribution < -0.4 is 5.32 Å². The summed E-state index contributed by atoms with van der Waals surface area (Å²) in [6, 6.07) is 5.42. The van der Waals surface area contributed by atoms with Crippen LogP contribution in [0.5, 0.6) is 0 Å². The Morgan fingerprint density at radius 3 is 2.70 bits per heavy atom. The zero-order valence-corrected chi connectivity index (χ0v) is 11.2. The Hall–Kier alpha value is -2.11. The van der Waals surface area contributed by atoms with E-state index in [-0.39, 0.29) is 18.2 Å². The van der Waals surface area contributed by atoms with Crippen LogP contribution in [0.25, 0.3) is 0 Å². The highest BCUT2D eigenvalue weighted by Crippen LogP contribution is 2.23. The van der Waals surface area contributed by atoms with E-state index in [2.05, 4.69) is 5.32 Å². The summed E-state index contributed by atoms with van der Waals surface area (Å²) in [5.41, 5.74) is 0.0996. The summed E-state index contributed by atoms with van der Waals surface area (Å²) in [4.78, 5) is 24.6. The topological polar surface area (TPSA) is 69.6 Å². The number of aliphatic carboxylic acids is 1. The molecule has 6 heteroatoms. The highest BCUT2D eigenvalue weighted by Gasteiger charge is 2.32. The first-order valence-corrected chi connectivity index (χ1v) is 6.50. The third kappa shape index (κ3) is 3.26. The Labute approximate surface area is 116 Å². The third-order valence-electron chi connectivity index (χ3n) is 3.41. The normalized spacial score (nSPS) is 22.4. The van der Waals surface area contributed by atoms with E-state index in [9.17, 15) is 14.0 Å². The predicted molar refractivity (Wildman–Crippen MR) is 71.9 cm³/mol. The summed E-state index contributed by atoms with van der Waals surface area (Å²) in [6.45, 7) is 2.53. The van der Waals surface area contributed by atoms with Crippen LogP contribution in [-0.4, -0.2) is 35.1 Å². The number of carbonyl (C=O) groups is 2. The molecule has 0 bridgehead atoms. The summed E-state index contributed by atoms with van der Waals surface area (Å²) in [7, 11) is 0. The number of carboxylic acids is 1. The van der Waals surface area contributed by atoms with Crippen molar-refractivity contribution in [2.75, 3.05) is 18.4 Å². The fourth-order valence-electron chi connectivity index (χ4n) is 2.45. The van der Waals surface area contributed by atoms with Crippen molar-refractivity contribution in [3.8, 4) is 0 Å². The van der Waals surface area contributed by atoms with Crippen molar-refractivity contribution in [3.05, 3.63) is 30.1 Å². The zero-order valence-electron chi connectivity index (χ0n) is 11.2. The molecular formula is C14H17FN2O3. The maximum absolute atomic E-state index is 13.5. The van der Waals surface area contributed by atoms with Gasteiger partial charge >= 0.3 is 12.0 Å². The highest BCUT2D eigenvalue weighted by atomic mass is 19.1. The molecular weight excluding hydrogens is 263 g/mol. The molecule has 0 aromatic heterocycles. The molecule has 1 aliphatic rings. The van der Waals surface area contributed by atoms with E-state index in [0.29, 0.717) is 13.0 Å². The number of anilines is 1. The van der Waals surface area contributed by atoms with Crippen molar-refractivity contribution in [1.29, 1.82) is 0 Å². The lowest BCUT2D eigenvalue weighted by atomic mass is 9.91. The molecule has 0 saturated carbocycles. The van der Waals surface area contributed by atoms with Crippen LogP contribution >= 0.6 is 0 Å². The standard InChI is InChI=1S/C14H17FN2O3/c1-9-6-10(13(18)19)8-17(7-9)14(20)16-12-5-3-2-4-11(12)15/h2-5,9-10H,6-8H2,1H3,(H,16,20)(H,18,19). The van der Waals surface area contributed by atoms with Gasteiger partial charge in [0.05, 0.1) is 11.6 Å². The van der Waals surface area contributed by atoms with Crippen LogP contribution in [0.4, 0.5) is 14.9 Å². The molecule has 1 fully saturated rings. The second-order valence-corrected chi connectivity index (χ2v) is 5.19. The van der Waals surface area contributed by atoms with Gasteiger partial charge in [-0.05, 0) is 24.5 Å². The minimum absolute atomic E-state index is 0.0996. The van der Waals surface area contributed by atoms with Gasteiger partial charge in [0.25, 0.3) is 0 Å². The second-order valence-electron chi connectivity index (χ2n) is 5.19. The number of rotatable bonds is 2. The lowest BCUT2D eigenvalue weighted by molar-refractivity contribution is -0.143. The smallest absolute Gasteiger partial charge is 0.321 e. The monoisotopic (exact) mass is 280 g/mol. The maximum Gasteiger partial charge on any atom is 0.321 e. The van der Waals surface area contributed by atoms with E-state index < -0.39 is 23.7 Å². The summed E-state index contributed by atoms with van der Waals surface area (Å²) < 4.78 is 13.5. The van der Waals surface area contributed by atoms with Crippen LogP contribution in [-0.2, 0) is 4.79 Å². The molecule has 2 unspecified atom stereocenters. The predicted octanol–water partition coefficient (Wildman–Crippen LogP) is 2.40. The number of halogens is 1. The van der Waals surface area contributed by atoms with Gasteiger partial charge in [0.1, 0.15) is 5.82 Å². The van der Waals surface area contributed by atoms with Gasteiger partial charge in [-0.15, -0.1) is 0 Å². The van der Waals surface area contributed by atoms with Crippen molar-refractivity contribution in [1.82, 2.24) is 4.90 Å². The number of hydrogen-bond acceptors (Lipinski definition) is 2. The summed E-state index contributed by atoms with van der Waals surface area (Å²) in [6.07, 6.45) is 0.554. The Kier molecular flexibility index (Phi) is 4.22. The molecule has 0 radical (unpaired) electrons. The lowest BCUT2D eigenvalue weighted by Gasteiger charge is -2.34. The molecule has 2 atom stereocenters. The number of carboxylic acid groups (broad SMARTS) is 1. The number of hydrogen-bond donors (Lipinski definition) is 2. The van der Waals surface area contributed by atoms with E-state index in [1.165, 1.54) is 23.1 Å². The van der Waals surface area contributed by atoms with Crippen LogP contribution in [0.2, 0.25) is 0 Å². The molecule has 1 saturated heterocycles. The number of nitrogens with zero attached hydrogens (tertiary/aromatic N) is 1. The van der Waals surface area contributed by atoms with Gasteiger partial charge in [-0.25, -0.2) is 9.18 Å². The molecule has 2 N–H and O–H groups in total. The average molecular weight is 280 g/mol. The Morgan fingerprint density at radius 1 is 1.35 bits per heavy atom. The molecule has 5 nitrogen and oxygen atoms in total. The van der Waals surface area contributed by atoms with Crippen LogP contribution in [0, 0.1) is 17.7 Å². The minimum Gasteiger partial charge on any atom is -0.481 e. The number of para-hydroxylation sites is 1. The lowest BCUT2D eigenvalue weighted by Crippen LogP contribution is -2.47. The molecule has 108 valence electrons. The number of benzene rings is 1. The Morgan fingerprint density at radius 2 is 2.05 bits per heavy atom. The first kappa shape index (κ1) is 14.3. The van der Waals surface area contributed by atoms with Crippen LogP contribution in [0.1, 0.15) is 13.3 Å². The minimum atomic E-state index is -0.903. The van der Waals surface area contributed by atoms with Gasteiger partial charge in [0.2, 0.25) is 0 Å². The Bertz CT molecular complexity index is 521. The summed E-state index contributed by atoms with van der Waals surface area (Å²) in [5, 5.41) is 11.6. The SMILES string of the molecule is CC1CC(C(=O)O)CN(C(=O)Nc2ccccc2F)C1. The largest absolute Gasteiger partial charge is 0.481 e. The number of amides is 2. The average Bonchev–Trinajstić information content (AvgIpc) is 2.40. The van der Waals surface area contributed by atoms with Crippen molar-refractivity contribution >= 4 is 17.7 Å². The summed E-state index contributed by atoms with van der Waals surface area (Å²) >= 11 is 0. The molecule has 1 aliphatic heterocycles. The molecule has 2 amide bonds. The van der Waals surface area contributed by atoms with Crippen LogP contribution in [0.15, 0.2) is 24.3 Å². The Balaban J connectivity index is 2.05. The summed E-state index contributed by atoms with van der Waals surface area (Å²) in [5.74, 6) is -1.87. The van der Waals surface area contributed by atoms with Gasteiger partial charge in [-0.2, -0.15) is 0 Å². The highest BCUT2D eigenvalue weighted by molar-refractivity contribution is 5.89. The van der Waals surface area contributed by atoms with Gasteiger partial charge < -0.3 is 15.3 Å². The molecule has 0 aliphatic carbocycles. The number of carbonyl (C=O) groups excluding carboxylic acids is 1. The van der Waals surface area contributed by atoms with Gasteiger partial charge in [0, 0.05) is 13.1 Å². The number of urea groups is 1. The second kappa shape index (κ2) is 5.90. The van der Waals surface area contributed by atoms with E-state index in [1.807, 2.05) is 6.92 Å². The van der Waals surface area contributed by atoms with Crippen molar-refractivity contribution in [3.63, 3.8) is 0 Å². The van der Waals surface area contributed by atoms with E-state index in [0.717, 1.165) is 0 Å². The van der Waals surface area contributed by atoms with E-state index in [1.54, 1.807) is 6.07 Å². The van der Waals surface area contributed by atoms with E-state index in [4.69, 9.17) is 5.11 Å². The van der Waals surface area contributed by atoms with E-state index >= 15 is 0 Å². The van der Waals surface area contributed by atoms with Gasteiger partial charge in [0.15, 0.2) is 0 Å². The molecule has 20 heavy (non-hydrogen) atoms. The zero-order chi connectivity index (χ0) is 14.7. The van der Waals surface area contributed by atoms with Crippen molar-refractivity contribution in [2.45, 2.75) is 13.3 Å². The molecule has 1 aromatic carbocycles. The van der Waals surface area contributed by atoms with Crippen molar-refractivity contribution in [2.24, 2.45) is 11.8 Å². The van der Waals surface area contributed by atoms with Crippen LogP contribution in [0.3, 0.4) is 0 Å². The first-order chi connectivity index (χ1) is 9.47. The molecule has 1 aromatic rings. The first-order valence-electron chi connectivity index (χ1n) is 6.50. The molecule has 2 rings (SSSR count). The molecule has 0 spiro atoms. The van der Waals surface area contributed by atoms with Crippen molar-refractivity contribution < 1.29 is 19.1 Å². The van der Waals surface area contributed by atoms with Gasteiger partial charge in [-0.1, -0.05) is 19.1 Å². The number of piperidine rings is 1. The molecule has 1 heterocycles. The third-order valence-corrected chi connectivity index (χ3v) is 3.41. The van der Waals surface area contributed by atoms with Gasteiger partial charge in [-0.3, -0.25) is 4.79 Å². The maximum atomic E-state index is 13.5. The quantitative estimate of drug-likeness (QED) is 0.874. The fraction of sp³-hybridized carbons (Fsp3) is 0.429. The fourth-order valence-corrected chi connectivity index (χ4v) is 2.45. The number of likely N-dealkylation sites (tertiary alicyclic amines) is 1. The number of nitrogens with one attached hydrogen (secondary N) is 1.